The first-order valence-corrected chi connectivity index (χ1v) is 9.38. The Hall–Kier alpha value is -3.64. The van der Waals surface area contributed by atoms with Crippen LogP contribution in [-0.2, 0) is 12.8 Å². The maximum absolute atomic E-state index is 8.89. The van der Waals surface area contributed by atoms with Crippen LogP contribution < -0.4 is 0 Å². The monoisotopic (exact) mass is 363 g/mol. The van der Waals surface area contributed by atoms with Gasteiger partial charge in [0.15, 0.2) is 0 Å². The number of rotatable bonds is 5. The van der Waals surface area contributed by atoms with Crippen LogP contribution in [0.15, 0.2) is 79.0 Å². The first-order chi connectivity index (χ1) is 13.7. The Morgan fingerprint density at radius 3 is 2.25 bits per heavy atom. The molecule has 3 heteroatoms. The lowest BCUT2D eigenvalue weighted by atomic mass is 9.99. The van der Waals surface area contributed by atoms with E-state index in [9.17, 15) is 0 Å². The second-order valence-electron chi connectivity index (χ2n) is 7.03. The molecule has 0 saturated carbocycles. The predicted molar refractivity (Wildman–Crippen MR) is 112 cm³/mol. The molecule has 1 N–H and O–H groups in total. The van der Waals surface area contributed by atoms with Gasteiger partial charge < -0.3 is 4.98 Å². The fourth-order valence-electron chi connectivity index (χ4n) is 3.39. The molecule has 4 rings (SSSR count). The van der Waals surface area contributed by atoms with Crippen LogP contribution in [0.4, 0.5) is 0 Å². The van der Waals surface area contributed by atoms with Gasteiger partial charge in [-0.3, -0.25) is 0 Å². The number of nitriles is 1. The summed E-state index contributed by atoms with van der Waals surface area (Å²) < 4.78 is 0. The zero-order valence-corrected chi connectivity index (χ0v) is 15.8. The van der Waals surface area contributed by atoms with Crippen molar-refractivity contribution in [1.29, 1.82) is 5.26 Å². The number of H-pyrrole nitrogens is 1. The number of aryl methyl sites for hydroxylation is 1. The summed E-state index contributed by atoms with van der Waals surface area (Å²) in [6, 6.07) is 27.0. The first-order valence-electron chi connectivity index (χ1n) is 9.38. The third-order valence-corrected chi connectivity index (χ3v) is 4.94. The normalized spacial score (nSPS) is 10.6. The van der Waals surface area contributed by atoms with E-state index in [-0.39, 0.29) is 0 Å². The molecule has 0 aliphatic heterocycles. The van der Waals surface area contributed by atoms with Crippen molar-refractivity contribution < 1.29 is 0 Å². The van der Waals surface area contributed by atoms with Gasteiger partial charge in [-0.2, -0.15) is 5.26 Å². The molecule has 0 spiro atoms. The van der Waals surface area contributed by atoms with Gasteiger partial charge in [0.1, 0.15) is 5.82 Å². The van der Waals surface area contributed by atoms with Crippen LogP contribution in [0, 0.1) is 18.3 Å². The molecule has 0 atom stereocenters. The lowest BCUT2D eigenvalue weighted by molar-refractivity contribution is 1.000. The minimum Gasteiger partial charge on any atom is -0.345 e. The molecule has 0 bridgehead atoms. The number of nitrogens with zero attached hydrogens (tertiary/aromatic N) is 2. The van der Waals surface area contributed by atoms with Crippen LogP contribution in [0.3, 0.4) is 0 Å². The highest BCUT2D eigenvalue weighted by atomic mass is 14.9. The summed E-state index contributed by atoms with van der Waals surface area (Å²) in [5, 5.41) is 8.89. The molecule has 0 amide bonds. The van der Waals surface area contributed by atoms with Crippen LogP contribution in [0.1, 0.15) is 33.8 Å². The van der Waals surface area contributed by atoms with Gasteiger partial charge in [0.25, 0.3) is 0 Å². The van der Waals surface area contributed by atoms with Crippen LogP contribution in [-0.4, -0.2) is 9.97 Å². The van der Waals surface area contributed by atoms with Crippen molar-refractivity contribution in [3.05, 3.63) is 113 Å². The van der Waals surface area contributed by atoms with Gasteiger partial charge in [-0.15, -0.1) is 0 Å². The van der Waals surface area contributed by atoms with E-state index in [4.69, 9.17) is 5.26 Å². The van der Waals surface area contributed by atoms with Crippen LogP contribution in [0.5, 0.6) is 0 Å². The predicted octanol–water partition coefficient (Wildman–Crippen LogP) is 5.44. The van der Waals surface area contributed by atoms with Gasteiger partial charge in [0.05, 0.1) is 11.6 Å². The summed E-state index contributed by atoms with van der Waals surface area (Å²) in [6.45, 7) is 2.14. The van der Waals surface area contributed by atoms with Crippen molar-refractivity contribution in [2.75, 3.05) is 0 Å². The van der Waals surface area contributed by atoms with Crippen LogP contribution in [0.2, 0.25) is 0 Å². The molecule has 1 aromatic heterocycles. The number of nitrogens with one attached hydrogen (secondary N) is 1. The van der Waals surface area contributed by atoms with E-state index >= 15 is 0 Å². The van der Waals surface area contributed by atoms with Gasteiger partial charge >= 0.3 is 0 Å². The van der Waals surface area contributed by atoms with E-state index in [0.717, 1.165) is 29.9 Å². The molecule has 28 heavy (non-hydrogen) atoms. The number of imidazole rings is 1. The Kier molecular flexibility index (Phi) is 5.03. The van der Waals surface area contributed by atoms with E-state index in [1.807, 2.05) is 30.5 Å². The van der Waals surface area contributed by atoms with Crippen molar-refractivity contribution >= 4 is 0 Å². The summed E-state index contributed by atoms with van der Waals surface area (Å²) in [4.78, 5) is 7.95. The zero-order valence-electron chi connectivity index (χ0n) is 15.8. The minimum absolute atomic E-state index is 0.684. The van der Waals surface area contributed by atoms with Gasteiger partial charge in [-0.05, 0) is 46.9 Å². The zero-order chi connectivity index (χ0) is 19.3. The van der Waals surface area contributed by atoms with Gasteiger partial charge in [-0.1, -0.05) is 60.7 Å². The molecule has 3 aromatic carbocycles. The molecular weight excluding hydrogens is 342 g/mol. The number of hydrogen-bond acceptors (Lipinski definition) is 2. The average Bonchev–Trinajstić information content (AvgIpc) is 3.16. The fraction of sp³-hybridized carbons (Fsp3) is 0.120. The molecule has 0 fully saturated rings. The Labute approximate surface area is 165 Å². The molecule has 0 unspecified atom stereocenters. The second kappa shape index (κ2) is 7.94. The molecule has 0 saturated heterocycles. The third kappa shape index (κ3) is 4.02. The maximum atomic E-state index is 8.89. The first kappa shape index (κ1) is 17.8. The van der Waals surface area contributed by atoms with Gasteiger partial charge in [0, 0.05) is 24.7 Å². The molecule has 0 aliphatic carbocycles. The average molecular weight is 363 g/mol. The van der Waals surface area contributed by atoms with Gasteiger partial charge in [0.2, 0.25) is 0 Å². The quantitative estimate of drug-likeness (QED) is 0.513. The second-order valence-corrected chi connectivity index (χ2v) is 7.03. The Morgan fingerprint density at radius 2 is 1.54 bits per heavy atom. The smallest absolute Gasteiger partial charge is 0.110 e. The molecule has 1 heterocycles. The number of hydrogen-bond donors (Lipinski definition) is 1. The van der Waals surface area contributed by atoms with Gasteiger partial charge in [-0.25, -0.2) is 4.98 Å². The van der Waals surface area contributed by atoms with Crippen LogP contribution in [0.25, 0.3) is 11.1 Å². The standard InChI is InChI=1S/C25H21N3/c1-18-4-2-3-5-24(18)22-12-10-20(11-13-22)15-25-27-17-23(28-25)14-19-6-8-21(16-26)9-7-19/h2-13,17H,14-15H2,1H3,(H,27,28). The molecule has 0 aliphatic rings. The van der Waals surface area contributed by atoms with E-state index < -0.39 is 0 Å². The highest BCUT2D eigenvalue weighted by Gasteiger charge is 2.05. The Morgan fingerprint density at radius 1 is 0.857 bits per heavy atom. The number of aromatic amines is 1. The summed E-state index contributed by atoms with van der Waals surface area (Å²) >= 11 is 0. The number of benzene rings is 3. The summed E-state index contributed by atoms with van der Waals surface area (Å²) in [6.07, 6.45) is 3.46. The largest absolute Gasteiger partial charge is 0.345 e. The summed E-state index contributed by atoms with van der Waals surface area (Å²) in [7, 11) is 0. The number of aromatic nitrogens is 2. The molecule has 0 radical (unpaired) electrons. The Bertz CT molecular complexity index is 1110. The molecule has 136 valence electrons. The van der Waals surface area contributed by atoms with E-state index in [2.05, 4.69) is 71.5 Å². The van der Waals surface area contributed by atoms with E-state index in [1.54, 1.807) is 0 Å². The third-order valence-electron chi connectivity index (χ3n) is 4.94. The van der Waals surface area contributed by atoms with E-state index in [0.29, 0.717) is 5.56 Å². The maximum Gasteiger partial charge on any atom is 0.110 e. The summed E-state index contributed by atoms with van der Waals surface area (Å²) in [5.74, 6) is 0.965. The molecular formula is C25H21N3. The van der Waals surface area contributed by atoms with Crippen molar-refractivity contribution in [2.24, 2.45) is 0 Å². The highest BCUT2D eigenvalue weighted by Crippen LogP contribution is 2.23. The summed E-state index contributed by atoms with van der Waals surface area (Å²) in [5.41, 5.74) is 7.96. The lowest BCUT2D eigenvalue weighted by Crippen LogP contribution is -1.93. The lowest BCUT2D eigenvalue weighted by Gasteiger charge is -2.07. The molecule has 4 aromatic rings. The van der Waals surface area contributed by atoms with Crippen molar-refractivity contribution in [1.82, 2.24) is 9.97 Å². The molecule has 3 nitrogen and oxygen atoms in total. The van der Waals surface area contributed by atoms with Crippen molar-refractivity contribution in [2.45, 2.75) is 19.8 Å². The van der Waals surface area contributed by atoms with Crippen molar-refractivity contribution in [3.8, 4) is 17.2 Å². The topological polar surface area (TPSA) is 52.5 Å². The van der Waals surface area contributed by atoms with Crippen molar-refractivity contribution in [3.63, 3.8) is 0 Å². The van der Waals surface area contributed by atoms with Crippen LogP contribution >= 0.6 is 0 Å². The highest BCUT2D eigenvalue weighted by molar-refractivity contribution is 5.67. The SMILES string of the molecule is Cc1ccccc1-c1ccc(Cc2ncc(Cc3ccc(C#N)cc3)[nH]2)cc1. The fourth-order valence-corrected chi connectivity index (χ4v) is 3.39. The minimum atomic E-state index is 0.684. The Balaban J connectivity index is 1.43. The van der Waals surface area contributed by atoms with E-state index in [1.165, 1.54) is 22.3 Å².